The highest BCUT2D eigenvalue weighted by Gasteiger charge is 2.29. The molecule has 0 fully saturated rings. The maximum Gasteiger partial charge on any atom is 0.506 e. The standard InChI is InChI=1S/C36H45N7O9/c1-23(2)32(42-30(44)8-4-3-5-18-43-21-28(19-31(43)45)52-27-15-11-24(20-37)12-16-27)34(47)41-29(7-6-17-39-35(38)48)33(46)40-26-13-9-25(10-14-26)22-51-36(49)50/h9-16,19,23,29,32H,3-8,17-18,21-22H2,1-2H3,(H,40,46)(H,41,47)(H,42,44)(H,49,50)(H3,38,39,48)/t29-,32-/m0/s1. The fourth-order valence-corrected chi connectivity index (χ4v) is 5.19. The Kier molecular flexibility index (Phi) is 15.9. The number of carbonyl (C=O) groups excluding carboxylic acids is 5. The van der Waals surface area contributed by atoms with Crippen LogP contribution in [0.15, 0.2) is 60.4 Å². The van der Waals surface area contributed by atoms with E-state index in [0.717, 1.165) is 0 Å². The number of nitriles is 1. The fourth-order valence-electron chi connectivity index (χ4n) is 5.19. The molecule has 6 amide bonds. The highest BCUT2D eigenvalue weighted by atomic mass is 16.7. The number of carboxylic acid groups (broad SMARTS) is 1. The quantitative estimate of drug-likeness (QED) is 0.0863. The molecule has 2 aromatic carbocycles. The Hall–Kier alpha value is -6.11. The number of anilines is 1. The van der Waals surface area contributed by atoms with Crippen LogP contribution in [0.2, 0.25) is 0 Å². The van der Waals surface area contributed by atoms with E-state index in [1.54, 1.807) is 67.3 Å². The summed E-state index contributed by atoms with van der Waals surface area (Å²) in [5.74, 6) is -0.840. The van der Waals surface area contributed by atoms with Gasteiger partial charge in [-0.15, -0.1) is 0 Å². The number of urea groups is 1. The molecule has 16 heteroatoms. The van der Waals surface area contributed by atoms with Gasteiger partial charge >= 0.3 is 12.2 Å². The van der Waals surface area contributed by atoms with Crippen LogP contribution in [0.1, 0.15) is 63.5 Å². The summed E-state index contributed by atoms with van der Waals surface area (Å²) >= 11 is 0. The average molecular weight is 720 g/mol. The summed E-state index contributed by atoms with van der Waals surface area (Å²) in [5.41, 5.74) is 6.61. The number of amides is 6. The fraction of sp³-hybridized carbons (Fsp3) is 0.417. The van der Waals surface area contributed by atoms with Crippen molar-refractivity contribution in [3.8, 4) is 11.8 Å². The Bertz CT molecular complexity index is 1640. The molecule has 0 radical (unpaired) electrons. The van der Waals surface area contributed by atoms with E-state index < -0.39 is 36.1 Å². The molecule has 0 aromatic heterocycles. The monoisotopic (exact) mass is 719 g/mol. The number of primary amides is 1. The summed E-state index contributed by atoms with van der Waals surface area (Å²) in [4.78, 5) is 75.3. The number of benzene rings is 2. The van der Waals surface area contributed by atoms with Gasteiger partial charge in [0, 0.05) is 31.3 Å². The highest BCUT2D eigenvalue weighted by Crippen LogP contribution is 2.20. The smallest absolute Gasteiger partial charge is 0.460 e. The predicted molar refractivity (Wildman–Crippen MR) is 188 cm³/mol. The maximum atomic E-state index is 13.4. The van der Waals surface area contributed by atoms with Gasteiger partial charge < -0.3 is 46.5 Å². The second-order valence-corrected chi connectivity index (χ2v) is 12.4. The van der Waals surface area contributed by atoms with E-state index in [4.69, 9.17) is 20.8 Å². The van der Waals surface area contributed by atoms with Gasteiger partial charge in [-0.2, -0.15) is 5.26 Å². The van der Waals surface area contributed by atoms with Gasteiger partial charge in [-0.05, 0) is 73.6 Å². The van der Waals surface area contributed by atoms with Crippen LogP contribution in [0.5, 0.6) is 5.75 Å². The first kappa shape index (κ1) is 40.3. The molecule has 2 aromatic rings. The number of rotatable bonds is 20. The largest absolute Gasteiger partial charge is 0.506 e. The number of carbonyl (C=O) groups is 6. The van der Waals surface area contributed by atoms with E-state index in [-0.39, 0.29) is 43.7 Å². The number of unbranched alkanes of at least 4 members (excludes halogenated alkanes) is 2. The summed E-state index contributed by atoms with van der Waals surface area (Å²) in [7, 11) is 0. The van der Waals surface area contributed by atoms with Crippen LogP contribution in [0.4, 0.5) is 15.3 Å². The van der Waals surface area contributed by atoms with Crippen molar-refractivity contribution in [1.29, 1.82) is 5.26 Å². The van der Waals surface area contributed by atoms with E-state index in [0.29, 0.717) is 67.1 Å². The zero-order chi connectivity index (χ0) is 38.0. The second-order valence-electron chi connectivity index (χ2n) is 12.4. The van der Waals surface area contributed by atoms with E-state index in [1.165, 1.54) is 6.08 Å². The normalized spacial score (nSPS) is 13.3. The van der Waals surface area contributed by atoms with Crippen LogP contribution in [-0.2, 0) is 30.5 Å². The Morgan fingerprint density at radius 3 is 2.31 bits per heavy atom. The van der Waals surface area contributed by atoms with Crippen LogP contribution in [0.3, 0.4) is 0 Å². The average Bonchev–Trinajstić information content (AvgIpc) is 3.45. The number of nitrogens with two attached hydrogens (primary N) is 1. The minimum atomic E-state index is -1.41. The third-order valence-corrected chi connectivity index (χ3v) is 7.96. The SMILES string of the molecule is CC(C)[C@H](NC(=O)CCCCCN1CC(Oc2ccc(C#N)cc2)=CC1=O)C(=O)N[C@@H](CCCNC(N)=O)C(=O)Nc1ccc(COC(=O)O)cc1. The first-order chi connectivity index (χ1) is 24.8. The lowest BCUT2D eigenvalue weighted by atomic mass is 10.0. The number of nitrogens with zero attached hydrogens (tertiary/aromatic N) is 2. The molecule has 2 atom stereocenters. The molecule has 0 aliphatic carbocycles. The van der Waals surface area contributed by atoms with Crippen LogP contribution >= 0.6 is 0 Å². The first-order valence-electron chi connectivity index (χ1n) is 16.9. The minimum absolute atomic E-state index is 0.152. The molecule has 1 aliphatic heterocycles. The second kappa shape index (κ2) is 20.5. The number of ether oxygens (including phenoxy) is 2. The third kappa shape index (κ3) is 14.0. The van der Waals surface area contributed by atoms with Crippen molar-refractivity contribution in [2.45, 2.75) is 71.1 Å². The van der Waals surface area contributed by atoms with Gasteiger partial charge in [-0.25, -0.2) is 9.59 Å². The molecule has 0 spiro atoms. The summed E-state index contributed by atoms with van der Waals surface area (Å²) in [6.07, 6.45) is 2.50. The van der Waals surface area contributed by atoms with Crippen molar-refractivity contribution in [3.63, 3.8) is 0 Å². The van der Waals surface area contributed by atoms with Gasteiger partial charge in [0.1, 0.15) is 30.2 Å². The Morgan fingerprint density at radius 1 is 0.962 bits per heavy atom. The number of hydrogen-bond donors (Lipinski definition) is 6. The van der Waals surface area contributed by atoms with Crippen molar-refractivity contribution in [1.82, 2.24) is 20.9 Å². The molecule has 0 bridgehead atoms. The lowest BCUT2D eigenvalue weighted by Gasteiger charge is -2.25. The Labute approximate surface area is 301 Å². The van der Waals surface area contributed by atoms with Crippen molar-refractivity contribution < 1.29 is 43.3 Å². The van der Waals surface area contributed by atoms with Crippen LogP contribution in [0, 0.1) is 17.2 Å². The van der Waals surface area contributed by atoms with Gasteiger partial charge in [0.25, 0.3) is 0 Å². The lowest BCUT2D eigenvalue weighted by Crippen LogP contribution is -2.54. The van der Waals surface area contributed by atoms with Crippen molar-refractivity contribution in [2.24, 2.45) is 11.7 Å². The third-order valence-electron chi connectivity index (χ3n) is 7.96. The van der Waals surface area contributed by atoms with Crippen molar-refractivity contribution in [2.75, 3.05) is 25.0 Å². The summed E-state index contributed by atoms with van der Waals surface area (Å²) in [6, 6.07) is 12.3. The first-order valence-corrected chi connectivity index (χ1v) is 16.9. The molecule has 0 saturated carbocycles. The molecule has 278 valence electrons. The zero-order valence-corrected chi connectivity index (χ0v) is 29.2. The molecule has 1 heterocycles. The molecular weight excluding hydrogens is 674 g/mol. The molecule has 52 heavy (non-hydrogen) atoms. The molecule has 16 nitrogen and oxygen atoms in total. The van der Waals surface area contributed by atoms with Gasteiger partial charge in [-0.1, -0.05) is 32.4 Å². The van der Waals surface area contributed by atoms with Crippen molar-refractivity contribution in [3.05, 3.63) is 71.5 Å². The van der Waals surface area contributed by atoms with Crippen LogP contribution in [0.25, 0.3) is 0 Å². The maximum absolute atomic E-state index is 13.4. The minimum Gasteiger partial charge on any atom is -0.460 e. The lowest BCUT2D eigenvalue weighted by molar-refractivity contribution is -0.132. The topological polar surface area (TPSA) is 242 Å². The molecule has 0 unspecified atom stereocenters. The molecule has 1 aliphatic rings. The molecule has 3 rings (SSSR count). The highest BCUT2D eigenvalue weighted by molar-refractivity contribution is 5.98. The van der Waals surface area contributed by atoms with E-state index in [9.17, 15) is 28.8 Å². The zero-order valence-electron chi connectivity index (χ0n) is 29.2. The van der Waals surface area contributed by atoms with E-state index >= 15 is 0 Å². The van der Waals surface area contributed by atoms with Gasteiger partial charge in [-0.3, -0.25) is 19.2 Å². The summed E-state index contributed by atoms with van der Waals surface area (Å²) in [6.45, 7) is 4.36. The summed E-state index contributed by atoms with van der Waals surface area (Å²) in [5, 5.41) is 28.3. The van der Waals surface area contributed by atoms with Gasteiger partial charge in [0.2, 0.25) is 23.6 Å². The van der Waals surface area contributed by atoms with Crippen molar-refractivity contribution >= 4 is 41.5 Å². The molecular formula is C36H45N7O9. The Balaban J connectivity index is 1.46. The predicted octanol–water partition coefficient (Wildman–Crippen LogP) is 3.13. The summed E-state index contributed by atoms with van der Waals surface area (Å²) < 4.78 is 10.3. The van der Waals surface area contributed by atoms with E-state index in [1.807, 2.05) is 6.07 Å². The number of hydrogen-bond acceptors (Lipinski definition) is 9. The molecule has 0 saturated heterocycles. The van der Waals surface area contributed by atoms with Gasteiger partial charge in [0.05, 0.1) is 18.2 Å². The van der Waals surface area contributed by atoms with Gasteiger partial charge in [0.15, 0.2) is 0 Å². The number of nitrogens with one attached hydrogen (secondary N) is 4. The van der Waals surface area contributed by atoms with Crippen LogP contribution < -0.4 is 31.7 Å². The molecule has 7 N–H and O–H groups in total. The Morgan fingerprint density at radius 2 is 1.67 bits per heavy atom. The van der Waals surface area contributed by atoms with E-state index in [2.05, 4.69) is 26.0 Å². The van der Waals surface area contributed by atoms with Crippen LogP contribution in [-0.4, -0.2) is 77.5 Å².